The van der Waals surface area contributed by atoms with Gasteiger partial charge in [-0.15, -0.1) is 11.8 Å². The van der Waals surface area contributed by atoms with E-state index >= 15 is 0 Å². The molecule has 1 aromatic carbocycles. The maximum absolute atomic E-state index is 6.20. The topological polar surface area (TPSA) is 51.8 Å². The smallest absolute Gasteiger partial charge is 0.116 e. The highest BCUT2D eigenvalue weighted by atomic mass is 32.2. The number of nitrogens with two attached hydrogens (primary N) is 1. The molecule has 1 heterocycles. The van der Waals surface area contributed by atoms with E-state index in [1.165, 1.54) is 17.5 Å². The Morgan fingerprint density at radius 1 is 1.21 bits per heavy atom. The van der Waals surface area contributed by atoms with E-state index < -0.39 is 0 Å². The maximum Gasteiger partial charge on any atom is 0.116 e. The van der Waals surface area contributed by atoms with E-state index in [0.29, 0.717) is 0 Å². The van der Waals surface area contributed by atoms with Gasteiger partial charge in [0, 0.05) is 18.0 Å². The first kappa shape index (κ1) is 14.0. The van der Waals surface area contributed by atoms with Gasteiger partial charge < -0.3 is 5.73 Å². The van der Waals surface area contributed by atoms with Crippen molar-refractivity contribution in [1.29, 1.82) is 0 Å². The zero-order valence-corrected chi connectivity index (χ0v) is 11.9. The summed E-state index contributed by atoms with van der Waals surface area (Å²) in [4.78, 5) is 8.08. The molecule has 0 aliphatic rings. The van der Waals surface area contributed by atoms with Gasteiger partial charge in [0.2, 0.25) is 0 Å². The van der Waals surface area contributed by atoms with Crippen LogP contribution in [0.25, 0.3) is 0 Å². The summed E-state index contributed by atoms with van der Waals surface area (Å²) in [6.45, 7) is 2.19. The van der Waals surface area contributed by atoms with Crippen molar-refractivity contribution in [3.63, 3.8) is 0 Å². The molecular weight excluding hydrogens is 254 g/mol. The van der Waals surface area contributed by atoms with E-state index in [2.05, 4.69) is 41.2 Å². The van der Waals surface area contributed by atoms with Gasteiger partial charge in [0.25, 0.3) is 0 Å². The van der Waals surface area contributed by atoms with Crippen LogP contribution < -0.4 is 5.73 Å². The molecule has 0 spiro atoms. The number of benzene rings is 1. The van der Waals surface area contributed by atoms with Crippen molar-refractivity contribution in [3.8, 4) is 0 Å². The molecule has 1 aromatic heterocycles. The number of hydrogen-bond acceptors (Lipinski definition) is 4. The van der Waals surface area contributed by atoms with Crippen molar-refractivity contribution in [2.45, 2.75) is 30.8 Å². The summed E-state index contributed by atoms with van der Waals surface area (Å²) in [7, 11) is 0. The average molecular weight is 273 g/mol. The van der Waals surface area contributed by atoms with Gasteiger partial charge in [0.05, 0.1) is 5.03 Å². The third-order valence-electron chi connectivity index (χ3n) is 2.91. The van der Waals surface area contributed by atoms with Crippen LogP contribution in [0.4, 0.5) is 0 Å². The van der Waals surface area contributed by atoms with Crippen LogP contribution in [0.5, 0.6) is 0 Å². The molecule has 2 aromatic rings. The summed E-state index contributed by atoms with van der Waals surface area (Å²) in [5.41, 5.74) is 8.76. The molecule has 0 saturated heterocycles. The minimum absolute atomic E-state index is 0.0376. The van der Waals surface area contributed by atoms with Crippen LogP contribution in [-0.4, -0.2) is 15.7 Å². The van der Waals surface area contributed by atoms with E-state index in [1.807, 2.05) is 6.07 Å². The second-order valence-electron chi connectivity index (χ2n) is 4.46. The molecule has 2 N–H and O–H groups in total. The number of nitrogens with zero attached hydrogens (tertiary/aromatic N) is 2. The van der Waals surface area contributed by atoms with Crippen LogP contribution >= 0.6 is 11.8 Å². The van der Waals surface area contributed by atoms with E-state index in [1.54, 1.807) is 24.3 Å². The van der Waals surface area contributed by atoms with Crippen LogP contribution in [0.15, 0.2) is 47.9 Å². The van der Waals surface area contributed by atoms with Crippen LogP contribution in [0.1, 0.15) is 30.5 Å². The van der Waals surface area contributed by atoms with Crippen molar-refractivity contribution in [2.75, 3.05) is 5.75 Å². The highest BCUT2D eigenvalue weighted by Gasteiger charge is 2.07. The molecule has 19 heavy (non-hydrogen) atoms. The zero-order chi connectivity index (χ0) is 13.5. The monoisotopic (exact) mass is 273 g/mol. The third-order valence-corrected chi connectivity index (χ3v) is 3.98. The molecule has 0 aliphatic carbocycles. The highest BCUT2D eigenvalue weighted by Crippen LogP contribution is 2.21. The van der Waals surface area contributed by atoms with Crippen LogP contribution in [0, 0.1) is 0 Å². The van der Waals surface area contributed by atoms with E-state index in [4.69, 9.17) is 5.73 Å². The molecule has 0 saturated carbocycles. The first-order valence-corrected chi connectivity index (χ1v) is 7.51. The predicted octanol–water partition coefficient (Wildman–Crippen LogP) is 3.22. The summed E-state index contributed by atoms with van der Waals surface area (Å²) in [6, 6.07) is 10.6. The second kappa shape index (κ2) is 7.26. The Morgan fingerprint density at radius 2 is 2.00 bits per heavy atom. The molecule has 0 radical (unpaired) electrons. The average Bonchev–Trinajstić information content (AvgIpc) is 2.47. The highest BCUT2D eigenvalue weighted by molar-refractivity contribution is 7.99. The zero-order valence-electron chi connectivity index (χ0n) is 11.1. The second-order valence-corrected chi connectivity index (χ2v) is 5.50. The van der Waals surface area contributed by atoms with Crippen molar-refractivity contribution in [2.24, 2.45) is 5.73 Å². The van der Waals surface area contributed by atoms with Gasteiger partial charge in [-0.2, -0.15) is 0 Å². The molecular formula is C15H19N3S. The molecule has 0 fully saturated rings. The Labute approximate surface area is 118 Å². The van der Waals surface area contributed by atoms with Crippen molar-refractivity contribution >= 4 is 11.8 Å². The normalized spacial score (nSPS) is 12.3. The lowest BCUT2D eigenvalue weighted by atomic mass is 10.0. The van der Waals surface area contributed by atoms with Crippen molar-refractivity contribution in [3.05, 3.63) is 54.0 Å². The fourth-order valence-electron chi connectivity index (χ4n) is 1.86. The van der Waals surface area contributed by atoms with Crippen LogP contribution in [0.2, 0.25) is 0 Å². The summed E-state index contributed by atoms with van der Waals surface area (Å²) in [6.07, 6.45) is 5.62. The minimum atomic E-state index is 0.0376. The lowest BCUT2D eigenvalue weighted by Crippen LogP contribution is -2.13. The van der Waals surface area contributed by atoms with Gasteiger partial charge in [-0.1, -0.05) is 37.6 Å². The Morgan fingerprint density at radius 3 is 2.63 bits per heavy atom. The fourth-order valence-corrected chi connectivity index (χ4v) is 2.68. The van der Waals surface area contributed by atoms with Gasteiger partial charge in [-0.05, 0) is 23.6 Å². The lowest BCUT2D eigenvalue weighted by molar-refractivity contribution is 0.826. The fraction of sp³-hybridized carbons (Fsp3) is 0.333. The predicted molar refractivity (Wildman–Crippen MR) is 80.1 cm³/mol. The first-order valence-electron chi connectivity index (χ1n) is 6.53. The largest absolute Gasteiger partial charge is 0.323 e. The van der Waals surface area contributed by atoms with Crippen LogP contribution in [-0.2, 0) is 6.42 Å². The lowest BCUT2D eigenvalue weighted by Gasteiger charge is -2.12. The molecule has 0 amide bonds. The summed E-state index contributed by atoms with van der Waals surface area (Å²) in [5, 5.41) is 0.966. The first-order chi connectivity index (χ1) is 9.29. The van der Waals surface area contributed by atoms with Gasteiger partial charge in [0.15, 0.2) is 0 Å². The molecule has 0 bridgehead atoms. The number of aryl methyl sites for hydroxylation is 1. The summed E-state index contributed by atoms with van der Waals surface area (Å²) < 4.78 is 0. The molecule has 100 valence electrons. The third kappa shape index (κ3) is 4.33. The summed E-state index contributed by atoms with van der Waals surface area (Å²) in [5.74, 6) is 0.824. The quantitative estimate of drug-likeness (QED) is 0.648. The Balaban J connectivity index is 1.90. The number of aromatic nitrogens is 2. The van der Waals surface area contributed by atoms with E-state index in [-0.39, 0.29) is 6.04 Å². The van der Waals surface area contributed by atoms with E-state index in [9.17, 15) is 0 Å². The van der Waals surface area contributed by atoms with Crippen molar-refractivity contribution < 1.29 is 0 Å². The summed E-state index contributed by atoms with van der Waals surface area (Å²) >= 11 is 1.66. The Bertz CT molecular complexity index is 485. The Kier molecular flexibility index (Phi) is 5.36. The number of hydrogen-bond donors (Lipinski definition) is 1. The molecule has 3 nitrogen and oxygen atoms in total. The molecule has 1 unspecified atom stereocenters. The molecule has 2 rings (SSSR count). The van der Waals surface area contributed by atoms with Crippen LogP contribution in [0.3, 0.4) is 0 Å². The molecule has 4 heteroatoms. The van der Waals surface area contributed by atoms with Gasteiger partial charge >= 0.3 is 0 Å². The Hall–Kier alpha value is -1.39. The van der Waals surface area contributed by atoms with Gasteiger partial charge in [-0.25, -0.2) is 9.97 Å². The standard InChI is InChI=1S/C15H19N3S/c1-2-3-12-4-6-13(7-5-12)14(16)10-19-15-8-9-17-11-18-15/h4-9,11,14H,2-3,10,16H2,1H3. The number of rotatable bonds is 6. The maximum atomic E-state index is 6.20. The van der Waals surface area contributed by atoms with Gasteiger partial charge in [-0.3, -0.25) is 0 Å². The molecule has 0 aliphatic heterocycles. The minimum Gasteiger partial charge on any atom is -0.323 e. The van der Waals surface area contributed by atoms with Gasteiger partial charge in [0.1, 0.15) is 6.33 Å². The molecule has 1 atom stereocenters. The van der Waals surface area contributed by atoms with Crippen molar-refractivity contribution in [1.82, 2.24) is 9.97 Å². The SMILES string of the molecule is CCCc1ccc(C(N)CSc2ccncn2)cc1. The van der Waals surface area contributed by atoms with E-state index in [0.717, 1.165) is 17.2 Å². The number of thioether (sulfide) groups is 1.